The van der Waals surface area contributed by atoms with Crippen molar-refractivity contribution in [2.45, 2.75) is 105 Å². The number of aliphatic hydroxyl groups excluding tert-OH is 1. The normalized spacial score (nSPS) is 13.2. The van der Waals surface area contributed by atoms with Crippen LogP contribution in [0.1, 0.15) is 91.0 Å². The second-order valence-electron chi connectivity index (χ2n) is 11.2. The van der Waals surface area contributed by atoms with Gasteiger partial charge in [0.05, 0.1) is 12.2 Å². The van der Waals surface area contributed by atoms with Crippen molar-refractivity contribution in [3.05, 3.63) is 48.0 Å². The lowest BCUT2D eigenvalue weighted by molar-refractivity contribution is -0.0446. The van der Waals surface area contributed by atoms with Crippen molar-refractivity contribution < 1.29 is 10.2 Å². The van der Waals surface area contributed by atoms with Gasteiger partial charge in [0.2, 0.25) is 0 Å². The fourth-order valence-corrected chi connectivity index (χ4v) is 5.38. The van der Waals surface area contributed by atoms with E-state index in [2.05, 4.69) is 81.2 Å². The summed E-state index contributed by atoms with van der Waals surface area (Å²) in [5.74, 6) is 1.56. The zero-order valence-corrected chi connectivity index (χ0v) is 25.5. The van der Waals surface area contributed by atoms with Crippen LogP contribution in [0.2, 0.25) is 0 Å². The Kier molecular flexibility index (Phi) is 14.2. The number of unbranched alkanes of at least 4 members (excludes halogenated alkanes) is 2. The molecular weight excluding hydrogens is 514 g/mol. The molecule has 0 spiro atoms. The van der Waals surface area contributed by atoms with Crippen molar-refractivity contribution in [1.82, 2.24) is 35.3 Å². The van der Waals surface area contributed by atoms with Crippen molar-refractivity contribution >= 4 is 22.1 Å². The smallest absolute Gasteiger partial charge is 0.151 e. The molecule has 0 fully saturated rings. The van der Waals surface area contributed by atoms with Crippen LogP contribution in [-0.4, -0.2) is 64.9 Å². The minimum atomic E-state index is -1.27. The van der Waals surface area contributed by atoms with E-state index in [1.165, 1.54) is 64.5 Å². The van der Waals surface area contributed by atoms with Crippen LogP contribution < -0.4 is 0 Å². The lowest BCUT2D eigenvalue weighted by atomic mass is 9.96. The quantitative estimate of drug-likeness (QED) is 0.128. The Morgan fingerprint density at radius 1 is 0.805 bits per heavy atom. The Balaban J connectivity index is 0.000000275. The summed E-state index contributed by atoms with van der Waals surface area (Å²) in [6.07, 6.45) is 10.1. The molecule has 2 unspecified atom stereocenters. The van der Waals surface area contributed by atoms with Gasteiger partial charge in [-0.05, 0) is 54.9 Å². The molecule has 0 radical (unpaired) electrons. The van der Waals surface area contributed by atoms with Crippen LogP contribution in [0.5, 0.6) is 0 Å². The summed E-state index contributed by atoms with van der Waals surface area (Å²) in [6, 6.07) is 14.0. The van der Waals surface area contributed by atoms with E-state index < -0.39 is 6.29 Å². The third-order valence-electron chi connectivity index (χ3n) is 7.98. The van der Waals surface area contributed by atoms with E-state index in [4.69, 9.17) is 10.2 Å². The van der Waals surface area contributed by atoms with Gasteiger partial charge in [0, 0.05) is 19.5 Å². The lowest BCUT2D eigenvalue weighted by Gasteiger charge is -2.30. The van der Waals surface area contributed by atoms with E-state index in [1.54, 1.807) is 0 Å². The van der Waals surface area contributed by atoms with Crippen LogP contribution in [0.15, 0.2) is 42.5 Å². The summed E-state index contributed by atoms with van der Waals surface area (Å²) >= 11 is 0. The van der Waals surface area contributed by atoms with Gasteiger partial charge in [-0.2, -0.15) is 15.4 Å². The zero-order valence-electron chi connectivity index (χ0n) is 25.5. The molecule has 0 aliphatic rings. The number of aromatic nitrogens is 6. The van der Waals surface area contributed by atoms with E-state index in [0.717, 1.165) is 46.1 Å². The highest BCUT2D eigenvalue weighted by Crippen LogP contribution is 2.21. The van der Waals surface area contributed by atoms with Gasteiger partial charge < -0.3 is 10.2 Å². The number of aliphatic hydroxyl groups is 2. The summed E-state index contributed by atoms with van der Waals surface area (Å²) in [4.78, 5) is 2.65. The Morgan fingerprint density at radius 2 is 1.46 bits per heavy atom. The molecule has 0 bridgehead atoms. The first-order chi connectivity index (χ1) is 20.0. The van der Waals surface area contributed by atoms with Crippen LogP contribution in [0.25, 0.3) is 22.1 Å². The molecule has 3 N–H and O–H groups in total. The number of nitrogens with one attached hydrogen (secondary N) is 1. The molecular formula is C32H51N7O2. The van der Waals surface area contributed by atoms with Crippen LogP contribution >= 0.6 is 0 Å². The highest BCUT2D eigenvalue weighted by molar-refractivity contribution is 5.77. The van der Waals surface area contributed by atoms with Crippen molar-refractivity contribution in [3.8, 4) is 0 Å². The van der Waals surface area contributed by atoms with E-state index in [0.29, 0.717) is 12.8 Å². The molecule has 0 saturated carbocycles. The van der Waals surface area contributed by atoms with Crippen molar-refractivity contribution in [3.63, 3.8) is 0 Å². The molecule has 9 nitrogen and oxygen atoms in total. The Labute approximate surface area is 245 Å². The summed E-state index contributed by atoms with van der Waals surface area (Å²) in [6.45, 7) is 12.5. The van der Waals surface area contributed by atoms with Gasteiger partial charge in [-0.3, -0.25) is 4.90 Å². The summed E-state index contributed by atoms with van der Waals surface area (Å²) in [5.41, 5.74) is 4.71. The molecule has 0 aliphatic heterocycles. The van der Waals surface area contributed by atoms with Gasteiger partial charge in [0.15, 0.2) is 6.29 Å². The van der Waals surface area contributed by atoms with Gasteiger partial charge >= 0.3 is 0 Å². The predicted octanol–water partition coefficient (Wildman–Crippen LogP) is 6.32. The zero-order chi connectivity index (χ0) is 29.5. The number of aromatic amines is 1. The minimum Gasteiger partial charge on any atom is -0.368 e. The first kappa shape index (κ1) is 32.6. The molecule has 4 rings (SSSR count). The Bertz CT molecular complexity index is 1240. The Hall–Kier alpha value is -2.88. The average molecular weight is 566 g/mol. The van der Waals surface area contributed by atoms with E-state index in [1.807, 2.05) is 24.3 Å². The summed E-state index contributed by atoms with van der Waals surface area (Å²) in [5, 5.41) is 36.8. The van der Waals surface area contributed by atoms with Crippen LogP contribution in [-0.2, 0) is 13.1 Å². The van der Waals surface area contributed by atoms with Crippen LogP contribution in [0.3, 0.4) is 0 Å². The van der Waals surface area contributed by atoms with E-state index in [9.17, 15) is 0 Å². The number of rotatable bonds is 17. The van der Waals surface area contributed by atoms with Crippen LogP contribution in [0, 0.1) is 11.8 Å². The summed E-state index contributed by atoms with van der Waals surface area (Å²) in [7, 11) is 0. The Morgan fingerprint density at radius 3 is 2.10 bits per heavy atom. The number of H-pyrrole nitrogens is 1. The molecule has 2 aromatic heterocycles. The second-order valence-corrected chi connectivity index (χ2v) is 11.2. The van der Waals surface area contributed by atoms with Crippen molar-refractivity contribution in [1.29, 1.82) is 0 Å². The number of hydrogen-bond acceptors (Lipinski definition) is 7. The third-order valence-corrected chi connectivity index (χ3v) is 7.98. The maximum absolute atomic E-state index is 8.75. The summed E-state index contributed by atoms with van der Waals surface area (Å²) < 4.78 is 2.09. The van der Waals surface area contributed by atoms with Gasteiger partial charge in [-0.25, -0.2) is 4.68 Å². The highest BCUT2D eigenvalue weighted by Gasteiger charge is 2.18. The van der Waals surface area contributed by atoms with Crippen molar-refractivity contribution in [2.75, 3.05) is 13.1 Å². The molecule has 41 heavy (non-hydrogen) atoms. The molecule has 9 heteroatoms. The molecule has 0 aliphatic carbocycles. The maximum Gasteiger partial charge on any atom is 0.151 e. The third kappa shape index (κ3) is 10.5. The number of para-hydroxylation sites is 2. The fraction of sp³-hybridized carbons (Fsp3) is 0.625. The maximum atomic E-state index is 8.75. The second kappa shape index (κ2) is 17.8. The largest absolute Gasteiger partial charge is 0.368 e. The topological polar surface area (TPSA) is 116 Å². The SMILES string of the molecule is CCCCC(CC)CN(CC(CC)CCCC)Cn1nnc2ccccc21.OC(O)CCc1cccc2n[nH]nc12. The molecule has 0 saturated heterocycles. The standard InChI is InChI=1S/C23H40N4.C9H11N3O2/c1-5-9-13-20(7-3)17-26(18-21(8-4)14-10-6-2)19-27-23-16-12-11-15-22(23)24-25-27;13-8(14)5-4-6-2-1-3-7-9(6)11-12-10-7/h11-12,15-16,20-21H,5-10,13-14,17-19H2,1-4H3;1-3,8,13-14H,4-5H2,(H,10,11,12). The first-order valence-corrected chi connectivity index (χ1v) is 15.6. The van der Waals surface area contributed by atoms with Gasteiger partial charge in [-0.1, -0.05) is 95.7 Å². The highest BCUT2D eigenvalue weighted by atomic mass is 16.5. The monoisotopic (exact) mass is 565 g/mol. The van der Waals surface area contributed by atoms with Gasteiger partial charge in [0.25, 0.3) is 0 Å². The average Bonchev–Trinajstić information content (AvgIpc) is 3.64. The van der Waals surface area contributed by atoms with Gasteiger partial charge in [-0.15, -0.1) is 5.10 Å². The number of aryl methyl sites for hydroxylation is 1. The predicted molar refractivity (Wildman–Crippen MR) is 166 cm³/mol. The van der Waals surface area contributed by atoms with E-state index >= 15 is 0 Å². The van der Waals surface area contributed by atoms with Crippen molar-refractivity contribution in [2.24, 2.45) is 11.8 Å². The first-order valence-electron chi connectivity index (χ1n) is 15.6. The minimum absolute atomic E-state index is 0.311. The van der Waals surface area contributed by atoms with Crippen LogP contribution in [0.4, 0.5) is 0 Å². The number of hydrogen-bond donors (Lipinski definition) is 3. The fourth-order valence-electron chi connectivity index (χ4n) is 5.38. The number of nitrogens with zero attached hydrogens (tertiary/aromatic N) is 6. The lowest BCUT2D eigenvalue weighted by Crippen LogP contribution is -2.36. The number of benzene rings is 2. The molecule has 0 amide bonds. The molecule has 4 aromatic rings. The number of fused-ring (bicyclic) bond motifs is 2. The van der Waals surface area contributed by atoms with Gasteiger partial charge in [0.1, 0.15) is 16.6 Å². The molecule has 2 aromatic carbocycles. The molecule has 2 heterocycles. The molecule has 2 atom stereocenters. The van der Waals surface area contributed by atoms with E-state index in [-0.39, 0.29) is 0 Å². The molecule has 226 valence electrons.